The molecule has 0 N–H and O–H groups in total. The third kappa shape index (κ3) is 4.95. The van der Waals surface area contributed by atoms with Crippen LogP contribution in [-0.4, -0.2) is 6.61 Å². The Morgan fingerprint density at radius 3 is 2.32 bits per heavy atom. The van der Waals surface area contributed by atoms with Gasteiger partial charge in [-0.2, -0.15) is 0 Å². The fraction of sp³-hybridized carbons (Fsp3) is 0.300. The lowest BCUT2D eigenvalue weighted by molar-refractivity contribution is 0.0377. The number of ether oxygens (including phenoxy) is 2. The highest BCUT2D eigenvalue weighted by molar-refractivity contribution is 5.36. The van der Waals surface area contributed by atoms with Crippen molar-refractivity contribution in [2.75, 3.05) is 6.61 Å². The molecule has 0 aliphatic carbocycles. The first kappa shape index (κ1) is 16.1. The summed E-state index contributed by atoms with van der Waals surface area (Å²) in [6, 6.07) is 17.4. The van der Waals surface area contributed by atoms with E-state index in [2.05, 4.69) is 26.7 Å². The standard InChI is InChI=1S/C20H22O2/c1-5-19(21-15-20(2,3)4)16-10-9-13-18(14-16)22-17-11-7-6-8-12-17/h1,6-14,19H,15H2,2-4H3. The monoisotopic (exact) mass is 294 g/mol. The summed E-state index contributed by atoms with van der Waals surface area (Å²) in [7, 11) is 0. The Labute approximate surface area is 133 Å². The van der Waals surface area contributed by atoms with Crippen LogP contribution in [0.15, 0.2) is 54.6 Å². The predicted octanol–water partition coefficient (Wildman–Crippen LogP) is 5.22. The Kier molecular flexibility index (Phi) is 5.25. The Bertz CT molecular complexity index is 633. The lowest BCUT2D eigenvalue weighted by Crippen LogP contribution is -2.16. The van der Waals surface area contributed by atoms with Crippen molar-refractivity contribution in [1.29, 1.82) is 0 Å². The number of terminal acetylenes is 1. The van der Waals surface area contributed by atoms with E-state index in [0.717, 1.165) is 17.1 Å². The molecule has 1 atom stereocenters. The predicted molar refractivity (Wildman–Crippen MR) is 89.9 cm³/mol. The molecule has 0 aliphatic rings. The summed E-state index contributed by atoms with van der Waals surface area (Å²) in [6.45, 7) is 6.96. The van der Waals surface area contributed by atoms with E-state index in [4.69, 9.17) is 15.9 Å². The quantitative estimate of drug-likeness (QED) is 0.704. The lowest BCUT2D eigenvalue weighted by Gasteiger charge is -2.21. The molecule has 2 rings (SSSR count). The van der Waals surface area contributed by atoms with E-state index in [1.807, 2.05) is 54.6 Å². The maximum absolute atomic E-state index is 5.86. The minimum Gasteiger partial charge on any atom is -0.457 e. The third-order valence-corrected chi connectivity index (χ3v) is 2.97. The second-order valence-electron chi connectivity index (χ2n) is 6.41. The first-order chi connectivity index (χ1) is 10.5. The Balaban J connectivity index is 2.11. The number of benzene rings is 2. The average Bonchev–Trinajstić information content (AvgIpc) is 2.48. The molecule has 0 aromatic heterocycles. The van der Waals surface area contributed by atoms with Crippen LogP contribution in [0.3, 0.4) is 0 Å². The molecule has 0 amide bonds. The van der Waals surface area contributed by atoms with Crippen LogP contribution in [0.2, 0.25) is 0 Å². The average molecular weight is 294 g/mol. The van der Waals surface area contributed by atoms with Crippen molar-refractivity contribution in [2.24, 2.45) is 5.41 Å². The fourth-order valence-electron chi connectivity index (χ4n) is 1.94. The van der Waals surface area contributed by atoms with Crippen molar-refractivity contribution >= 4 is 0 Å². The highest BCUT2D eigenvalue weighted by Gasteiger charge is 2.16. The van der Waals surface area contributed by atoms with E-state index in [1.165, 1.54) is 0 Å². The molecule has 0 aliphatic heterocycles. The Morgan fingerprint density at radius 2 is 1.68 bits per heavy atom. The van der Waals surface area contributed by atoms with Crippen molar-refractivity contribution < 1.29 is 9.47 Å². The largest absolute Gasteiger partial charge is 0.457 e. The molecule has 0 saturated heterocycles. The summed E-state index contributed by atoms with van der Waals surface area (Å²) in [5.41, 5.74) is 1.01. The van der Waals surface area contributed by atoms with Gasteiger partial charge in [-0.1, -0.05) is 57.0 Å². The zero-order valence-electron chi connectivity index (χ0n) is 13.4. The Hall–Kier alpha value is -2.24. The molecular formula is C20H22O2. The molecule has 2 aromatic carbocycles. The number of rotatable bonds is 5. The molecule has 1 unspecified atom stereocenters. The molecule has 0 bridgehead atoms. The molecular weight excluding hydrogens is 272 g/mol. The van der Waals surface area contributed by atoms with Crippen LogP contribution in [0.1, 0.15) is 32.4 Å². The summed E-state index contributed by atoms with van der Waals surface area (Å²) in [4.78, 5) is 0. The van der Waals surface area contributed by atoms with E-state index in [1.54, 1.807) is 0 Å². The Morgan fingerprint density at radius 1 is 1.00 bits per heavy atom. The van der Waals surface area contributed by atoms with Gasteiger partial charge in [-0.3, -0.25) is 0 Å². The van der Waals surface area contributed by atoms with Gasteiger partial charge in [-0.25, -0.2) is 0 Å². The SMILES string of the molecule is C#CC(OCC(C)(C)C)c1cccc(Oc2ccccc2)c1. The summed E-state index contributed by atoms with van der Waals surface area (Å²) in [5, 5.41) is 0. The van der Waals surface area contributed by atoms with Gasteiger partial charge in [-0.05, 0) is 35.2 Å². The van der Waals surface area contributed by atoms with Gasteiger partial charge in [0.1, 0.15) is 17.6 Å². The van der Waals surface area contributed by atoms with Crippen molar-refractivity contribution in [2.45, 2.75) is 26.9 Å². The second kappa shape index (κ2) is 7.15. The second-order valence-corrected chi connectivity index (χ2v) is 6.41. The zero-order chi connectivity index (χ0) is 16.0. The maximum Gasteiger partial charge on any atom is 0.143 e. The molecule has 0 radical (unpaired) electrons. The summed E-state index contributed by atoms with van der Waals surface area (Å²) >= 11 is 0. The van der Waals surface area contributed by atoms with E-state index < -0.39 is 0 Å². The molecule has 2 nitrogen and oxygen atoms in total. The maximum atomic E-state index is 5.86. The lowest BCUT2D eigenvalue weighted by atomic mass is 9.98. The minimum atomic E-state index is -0.362. The highest BCUT2D eigenvalue weighted by Crippen LogP contribution is 2.27. The topological polar surface area (TPSA) is 18.5 Å². The molecule has 22 heavy (non-hydrogen) atoms. The first-order valence-corrected chi connectivity index (χ1v) is 7.38. The molecule has 114 valence electrons. The van der Waals surface area contributed by atoms with Crippen LogP contribution in [0.5, 0.6) is 11.5 Å². The fourth-order valence-corrected chi connectivity index (χ4v) is 1.94. The van der Waals surface area contributed by atoms with Crippen LogP contribution in [-0.2, 0) is 4.74 Å². The van der Waals surface area contributed by atoms with Crippen LogP contribution in [0.4, 0.5) is 0 Å². The number of hydrogen-bond acceptors (Lipinski definition) is 2. The number of para-hydroxylation sites is 1. The van der Waals surface area contributed by atoms with Gasteiger partial charge < -0.3 is 9.47 Å². The highest BCUT2D eigenvalue weighted by atomic mass is 16.5. The van der Waals surface area contributed by atoms with E-state index in [9.17, 15) is 0 Å². The molecule has 0 spiro atoms. The van der Waals surface area contributed by atoms with Crippen molar-refractivity contribution in [1.82, 2.24) is 0 Å². The normalized spacial score (nSPS) is 12.5. The molecule has 2 aromatic rings. The van der Waals surface area contributed by atoms with Gasteiger partial charge in [0.25, 0.3) is 0 Å². The number of hydrogen-bond donors (Lipinski definition) is 0. The van der Waals surface area contributed by atoms with Gasteiger partial charge in [0, 0.05) is 0 Å². The van der Waals surface area contributed by atoms with Gasteiger partial charge in [0.2, 0.25) is 0 Å². The summed E-state index contributed by atoms with van der Waals surface area (Å²) in [6.07, 6.45) is 5.26. The molecule has 2 heteroatoms. The molecule has 0 fully saturated rings. The van der Waals surface area contributed by atoms with Crippen LogP contribution in [0, 0.1) is 17.8 Å². The zero-order valence-corrected chi connectivity index (χ0v) is 13.4. The van der Waals surface area contributed by atoms with Gasteiger partial charge >= 0.3 is 0 Å². The van der Waals surface area contributed by atoms with Gasteiger partial charge in [0.05, 0.1) is 6.61 Å². The summed E-state index contributed by atoms with van der Waals surface area (Å²) in [5.74, 6) is 4.26. The van der Waals surface area contributed by atoms with Crippen LogP contribution >= 0.6 is 0 Å². The molecule has 0 heterocycles. The minimum absolute atomic E-state index is 0.0766. The summed E-state index contributed by atoms with van der Waals surface area (Å²) < 4.78 is 11.7. The van der Waals surface area contributed by atoms with E-state index in [-0.39, 0.29) is 11.5 Å². The van der Waals surface area contributed by atoms with Gasteiger partial charge in [-0.15, -0.1) is 6.42 Å². The third-order valence-electron chi connectivity index (χ3n) is 2.97. The van der Waals surface area contributed by atoms with Crippen molar-refractivity contribution in [3.8, 4) is 23.8 Å². The smallest absolute Gasteiger partial charge is 0.143 e. The first-order valence-electron chi connectivity index (χ1n) is 7.38. The van der Waals surface area contributed by atoms with Crippen molar-refractivity contribution in [3.63, 3.8) is 0 Å². The molecule has 0 saturated carbocycles. The van der Waals surface area contributed by atoms with Crippen molar-refractivity contribution in [3.05, 3.63) is 60.2 Å². The van der Waals surface area contributed by atoms with E-state index in [0.29, 0.717) is 6.61 Å². The van der Waals surface area contributed by atoms with Crippen LogP contribution < -0.4 is 4.74 Å². The van der Waals surface area contributed by atoms with E-state index >= 15 is 0 Å². The van der Waals surface area contributed by atoms with Crippen LogP contribution in [0.25, 0.3) is 0 Å². The van der Waals surface area contributed by atoms with Gasteiger partial charge in [0.15, 0.2) is 0 Å².